The van der Waals surface area contributed by atoms with E-state index in [1.165, 1.54) is 18.4 Å². The lowest BCUT2D eigenvalue weighted by atomic mass is 9.95. The summed E-state index contributed by atoms with van der Waals surface area (Å²) in [5.41, 5.74) is 0. The molecule has 2 aromatic rings. The Kier molecular flexibility index (Phi) is 5.80. The van der Waals surface area contributed by atoms with E-state index in [1.807, 2.05) is 6.92 Å². The van der Waals surface area contributed by atoms with Crippen molar-refractivity contribution in [1.29, 1.82) is 0 Å². The van der Waals surface area contributed by atoms with Crippen molar-refractivity contribution in [2.24, 2.45) is 0 Å². The molecule has 0 aliphatic heterocycles. The number of aliphatic hydroxyl groups is 1. The van der Waals surface area contributed by atoms with Crippen LogP contribution >= 0.6 is 15.9 Å². The van der Waals surface area contributed by atoms with Gasteiger partial charge in [0.1, 0.15) is 5.76 Å². The molecule has 7 heteroatoms. The summed E-state index contributed by atoms with van der Waals surface area (Å²) in [6, 6.07) is 9.22. The predicted octanol–water partition coefficient (Wildman–Crippen LogP) is 2.88. The van der Waals surface area contributed by atoms with Crippen molar-refractivity contribution in [2.75, 3.05) is 6.61 Å². The Hall–Kier alpha value is -1.15. The summed E-state index contributed by atoms with van der Waals surface area (Å²) in [6.45, 7) is 1.61. The van der Waals surface area contributed by atoms with Crippen LogP contribution < -0.4 is 4.72 Å². The Morgan fingerprint density at radius 3 is 2.45 bits per heavy atom. The number of sulfonamides is 1. The molecule has 5 nitrogen and oxygen atoms in total. The highest BCUT2D eigenvalue weighted by molar-refractivity contribution is 9.10. The Morgan fingerprint density at radius 2 is 1.95 bits per heavy atom. The van der Waals surface area contributed by atoms with Crippen LogP contribution in [0.3, 0.4) is 0 Å². The van der Waals surface area contributed by atoms with Crippen molar-refractivity contribution in [1.82, 2.24) is 4.72 Å². The van der Waals surface area contributed by atoms with Crippen LogP contribution in [0.15, 0.2) is 56.4 Å². The predicted molar refractivity (Wildman–Crippen MR) is 87.1 cm³/mol. The van der Waals surface area contributed by atoms with E-state index in [2.05, 4.69) is 20.7 Å². The molecule has 2 unspecified atom stereocenters. The summed E-state index contributed by atoms with van der Waals surface area (Å²) in [5, 5.41) is 9.60. The molecule has 2 atom stereocenters. The third-order valence-electron chi connectivity index (χ3n) is 3.46. The molecule has 2 N–H and O–H groups in total. The molecule has 0 aliphatic rings. The van der Waals surface area contributed by atoms with E-state index < -0.39 is 16.1 Å². The molecule has 0 amide bonds. The van der Waals surface area contributed by atoms with Crippen molar-refractivity contribution in [3.05, 3.63) is 52.9 Å². The van der Waals surface area contributed by atoms with Gasteiger partial charge in [-0.1, -0.05) is 22.9 Å². The third-order valence-corrected chi connectivity index (χ3v) is 5.50. The smallest absolute Gasteiger partial charge is 0.240 e. The van der Waals surface area contributed by atoms with Crippen LogP contribution in [-0.2, 0) is 10.0 Å². The second-order valence-corrected chi connectivity index (χ2v) is 7.52. The van der Waals surface area contributed by atoms with Crippen LogP contribution in [0.4, 0.5) is 0 Å². The molecule has 0 saturated heterocycles. The Bertz CT molecular complexity index is 683. The van der Waals surface area contributed by atoms with E-state index in [0.29, 0.717) is 12.2 Å². The SMILES string of the molecule is CCC(c1ccco1)C(CO)NS(=O)(=O)c1ccc(Br)cc1. The van der Waals surface area contributed by atoms with Gasteiger partial charge in [0.25, 0.3) is 0 Å². The summed E-state index contributed by atoms with van der Waals surface area (Å²) >= 11 is 3.27. The highest BCUT2D eigenvalue weighted by Gasteiger charge is 2.28. The molecule has 0 fully saturated rings. The van der Waals surface area contributed by atoms with Gasteiger partial charge in [-0.25, -0.2) is 13.1 Å². The number of hydrogen-bond donors (Lipinski definition) is 2. The highest BCUT2D eigenvalue weighted by Crippen LogP contribution is 2.25. The number of hydrogen-bond acceptors (Lipinski definition) is 4. The van der Waals surface area contributed by atoms with Gasteiger partial charge in [0.2, 0.25) is 10.0 Å². The highest BCUT2D eigenvalue weighted by atomic mass is 79.9. The molecule has 0 bridgehead atoms. The maximum Gasteiger partial charge on any atom is 0.240 e. The summed E-state index contributed by atoms with van der Waals surface area (Å²) < 4.78 is 33.6. The largest absolute Gasteiger partial charge is 0.469 e. The number of benzene rings is 1. The topological polar surface area (TPSA) is 79.5 Å². The minimum atomic E-state index is -3.71. The molecular formula is C15H18BrNO4S. The first kappa shape index (κ1) is 17.2. The first-order valence-electron chi connectivity index (χ1n) is 6.90. The Balaban J connectivity index is 2.23. The molecule has 22 heavy (non-hydrogen) atoms. The average Bonchev–Trinajstić information content (AvgIpc) is 3.01. The second kappa shape index (κ2) is 7.41. The zero-order valence-corrected chi connectivity index (χ0v) is 14.5. The molecule has 1 aromatic carbocycles. The fourth-order valence-electron chi connectivity index (χ4n) is 2.31. The van der Waals surface area contributed by atoms with Gasteiger partial charge in [0.15, 0.2) is 0 Å². The summed E-state index contributed by atoms with van der Waals surface area (Å²) in [4.78, 5) is 0.156. The number of halogens is 1. The molecule has 0 spiro atoms. The fraction of sp³-hybridized carbons (Fsp3) is 0.333. The minimum absolute atomic E-state index is 0.156. The van der Waals surface area contributed by atoms with Crippen LogP contribution in [0.1, 0.15) is 25.0 Å². The average molecular weight is 388 g/mol. The zero-order chi connectivity index (χ0) is 16.2. The molecular weight excluding hydrogens is 370 g/mol. The van der Waals surface area contributed by atoms with Crippen molar-refractivity contribution in [3.63, 3.8) is 0 Å². The Morgan fingerprint density at radius 1 is 1.27 bits per heavy atom. The molecule has 1 aromatic heterocycles. The van der Waals surface area contributed by atoms with E-state index in [0.717, 1.165) is 4.47 Å². The van der Waals surface area contributed by atoms with E-state index in [9.17, 15) is 13.5 Å². The van der Waals surface area contributed by atoms with Crippen molar-refractivity contribution in [2.45, 2.75) is 30.2 Å². The standard InChI is InChI=1S/C15H18BrNO4S/c1-2-13(15-4-3-9-21-15)14(10-18)17-22(19,20)12-7-5-11(16)6-8-12/h3-9,13-14,17-18H,2,10H2,1H3. The van der Waals surface area contributed by atoms with Crippen LogP contribution in [0.25, 0.3) is 0 Å². The van der Waals surface area contributed by atoms with Gasteiger partial charge in [-0.15, -0.1) is 0 Å². The number of rotatable bonds is 7. The molecule has 0 aliphatic carbocycles. The van der Waals surface area contributed by atoms with E-state index in [4.69, 9.17) is 4.42 Å². The number of aliphatic hydroxyl groups excluding tert-OH is 1. The first-order valence-corrected chi connectivity index (χ1v) is 9.17. The van der Waals surface area contributed by atoms with Gasteiger partial charge in [-0.05, 0) is 42.8 Å². The van der Waals surface area contributed by atoms with Gasteiger partial charge in [0.05, 0.1) is 23.8 Å². The molecule has 0 saturated carbocycles. The minimum Gasteiger partial charge on any atom is -0.469 e. The number of furan rings is 1. The quantitative estimate of drug-likeness (QED) is 0.765. The summed E-state index contributed by atoms with van der Waals surface area (Å²) in [6.07, 6.45) is 2.18. The van der Waals surface area contributed by atoms with Crippen molar-refractivity contribution in [3.8, 4) is 0 Å². The molecule has 1 heterocycles. The summed E-state index contributed by atoms with van der Waals surface area (Å²) in [7, 11) is -3.71. The maximum atomic E-state index is 12.4. The fourth-order valence-corrected chi connectivity index (χ4v) is 3.85. The van der Waals surface area contributed by atoms with Gasteiger partial charge in [-0.3, -0.25) is 0 Å². The first-order chi connectivity index (χ1) is 10.5. The number of nitrogens with one attached hydrogen (secondary N) is 1. The van der Waals surface area contributed by atoms with E-state index in [1.54, 1.807) is 24.3 Å². The Labute approximate surface area is 138 Å². The lowest BCUT2D eigenvalue weighted by Gasteiger charge is -2.23. The normalized spacial score (nSPS) is 14.7. The van der Waals surface area contributed by atoms with Crippen LogP contribution in [0, 0.1) is 0 Å². The van der Waals surface area contributed by atoms with Gasteiger partial charge < -0.3 is 9.52 Å². The van der Waals surface area contributed by atoms with E-state index in [-0.39, 0.29) is 17.4 Å². The molecule has 2 rings (SSSR count). The van der Waals surface area contributed by atoms with Gasteiger partial charge >= 0.3 is 0 Å². The summed E-state index contributed by atoms with van der Waals surface area (Å²) in [5.74, 6) is 0.422. The molecule has 0 radical (unpaired) electrons. The van der Waals surface area contributed by atoms with Crippen molar-refractivity contribution < 1.29 is 17.9 Å². The zero-order valence-electron chi connectivity index (χ0n) is 12.1. The van der Waals surface area contributed by atoms with Crippen molar-refractivity contribution >= 4 is 26.0 Å². The monoisotopic (exact) mass is 387 g/mol. The van der Waals surface area contributed by atoms with E-state index >= 15 is 0 Å². The van der Waals surface area contributed by atoms with Crippen LogP contribution in [-0.4, -0.2) is 26.2 Å². The lowest BCUT2D eigenvalue weighted by molar-refractivity contribution is 0.227. The maximum absolute atomic E-state index is 12.4. The van der Waals surface area contributed by atoms with Gasteiger partial charge in [-0.2, -0.15) is 0 Å². The third kappa shape index (κ3) is 3.98. The second-order valence-electron chi connectivity index (χ2n) is 4.89. The molecule has 120 valence electrons. The van der Waals surface area contributed by atoms with Gasteiger partial charge in [0, 0.05) is 10.4 Å². The van der Waals surface area contributed by atoms with Crippen LogP contribution in [0.5, 0.6) is 0 Å². The van der Waals surface area contributed by atoms with Crippen LogP contribution in [0.2, 0.25) is 0 Å². The lowest BCUT2D eigenvalue weighted by Crippen LogP contribution is -2.41.